The van der Waals surface area contributed by atoms with Gasteiger partial charge < -0.3 is 8.98 Å². The lowest BCUT2D eigenvalue weighted by atomic mass is 10.0. The van der Waals surface area contributed by atoms with Crippen LogP contribution < -0.4 is 0 Å². The summed E-state index contributed by atoms with van der Waals surface area (Å²) in [6.07, 6.45) is 0. The van der Waals surface area contributed by atoms with Crippen molar-refractivity contribution in [3.8, 4) is 61.7 Å². The number of aromatic nitrogens is 3. The largest absolute Gasteiger partial charge is 0.454 e. The van der Waals surface area contributed by atoms with Gasteiger partial charge in [0.25, 0.3) is 0 Å². The van der Waals surface area contributed by atoms with E-state index in [-0.39, 0.29) is 0 Å². The Morgan fingerprint density at radius 3 is 1.53 bits per heavy atom. The van der Waals surface area contributed by atoms with Crippen molar-refractivity contribution in [2.24, 2.45) is 0 Å². The quantitative estimate of drug-likeness (QED) is 0.169. The van der Waals surface area contributed by atoms with Crippen molar-refractivity contribution in [1.29, 1.82) is 0 Å². The van der Waals surface area contributed by atoms with Gasteiger partial charge in [-0.25, -0.2) is 9.97 Å². The van der Waals surface area contributed by atoms with Gasteiger partial charge in [0.2, 0.25) is 0 Å². The highest BCUT2D eigenvalue weighted by atomic mass is 16.3. The van der Waals surface area contributed by atoms with Gasteiger partial charge in [-0.15, -0.1) is 0 Å². The SMILES string of the molecule is c1ccc(-c2ccc(-c3nc(-c4cccc5oc6c(-n7c8ccc(-c9ccccc9)cc8c8cc(-c9ccccc9)ccc87)cccc6c45)nc4ccccc34)cc2)cc1. The van der Waals surface area contributed by atoms with Crippen molar-refractivity contribution >= 4 is 54.6 Å². The molecule has 0 atom stereocenters. The van der Waals surface area contributed by atoms with Crippen LogP contribution in [0.25, 0.3) is 116 Å². The second-order valence-corrected chi connectivity index (χ2v) is 15.3. The summed E-state index contributed by atoms with van der Waals surface area (Å²) in [5, 5.41) is 5.39. The molecular formula is C56H35N3O. The van der Waals surface area contributed by atoms with Crippen molar-refractivity contribution in [2.75, 3.05) is 0 Å². The first-order valence-electron chi connectivity index (χ1n) is 20.3. The van der Waals surface area contributed by atoms with E-state index in [1.807, 2.05) is 18.2 Å². The lowest BCUT2D eigenvalue weighted by molar-refractivity contribution is 0.666. The minimum absolute atomic E-state index is 0.660. The summed E-state index contributed by atoms with van der Waals surface area (Å²) in [7, 11) is 0. The molecule has 0 aliphatic rings. The number of furan rings is 1. The molecule has 0 amide bonds. The first-order chi connectivity index (χ1) is 29.7. The third-order valence-corrected chi connectivity index (χ3v) is 11.8. The Kier molecular flexibility index (Phi) is 7.82. The minimum atomic E-state index is 0.660. The molecule has 0 bridgehead atoms. The fraction of sp³-hybridized carbons (Fsp3) is 0. The molecule has 12 rings (SSSR count). The third kappa shape index (κ3) is 5.53. The predicted octanol–water partition coefficient (Wildman–Crippen LogP) is 15.0. The fourth-order valence-corrected chi connectivity index (χ4v) is 8.97. The van der Waals surface area contributed by atoms with E-state index in [4.69, 9.17) is 14.4 Å². The van der Waals surface area contributed by atoms with Crippen molar-refractivity contribution in [2.45, 2.75) is 0 Å². The van der Waals surface area contributed by atoms with E-state index in [0.29, 0.717) is 5.82 Å². The van der Waals surface area contributed by atoms with Gasteiger partial charge in [0.15, 0.2) is 11.4 Å². The molecule has 3 heterocycles. The fourth-order valence-electron chi connectivity index (χ4n) is 8.97. The number of hydrogen-bond acceptors (Lipinski definition) is 3. The molecule has 0 saturated carbocycles. The topological polar surface area (TPSA) is 43.9 Å². The highest BCUT2D eigenvalue weighted by molar-refractivity contribution is 6.16. The van der Waals surface area contributed by atoms with Gasteiger partial charge in [-0.2, -0.15) is 0 Å². The summed E-state index contributed by atoms with van der Waals surface area (Å²) in [5.74, 6) is 0.660. The van der Waals surface area contributed by atoms with Crippen LogP contribution >= 0.6 is 0 Å². The molecular weight excluding hydrogens is 731 g/mol. The zero-order chi connectivity index (χ0) is 39.6. The van der Waals surface area contributed by atoms with Crippen LogP contribution in [0.5, 0.6) is 0 Å². The predicted molar refractivity (Wildman–Crippen MR) is 248 cm³/mol. The molecule has 0 saturated heterocycles. The number of hydrogen-bond donors (Lipinski definition) is 0. The van der Waals surface area contributed by atoms with Crippen LogP contribution in [-0.2, 0) is 0 Å². The summed E-state index contributed by atoms with van der Waals surface area (Å²) in [4.78, 5) is 10.5. The number of para-hydroxylation sites is 2. The minimum Gasteiger partial charge on any atom is -0.454 e. The van der Waals surface area contributed by atoms with E-state index in [1.165, 1.54) is 44.2 Å². The van der Waals surface area contributed by atoms with Gasteiger partial charge in [0.1, 0.15) is 5.58 Å². The van der Waals surface area contributed by atoms with Gasteiger partial charge in [-0.05, 0) is 75.8 Å². The Morgan fingerprint density at radius 2 is 0.883 bits per heavy atom. The Labute approximate surface area is 346 Å². The highest BCUT2D eigenvalue weighted by Crippen LogP contribution is 2.43. The summed E-state index contributed by atoms with van der Waals surface area (Å²) < 4.78 is 9.30. The first-order valence-corrected chi connectivity index (χ1v) is 20.3. The molecule has 60 heavy (non-hydrogen) atoms. The molecule has 12 aromatic rings. The molecule has 4 heteroatoms. The molecule has 0 N–H and O–H groups in total. The van der Waals surface area contributed by atoms with Gasteiger partial charge in [-0.1, -0.05) is 170 Å². The van der Waals surface area contributed by atoms with Crippen LogP contribution in [0.3, 0.4) is 0 Å². The maximum Gasteiger partial charge on any atom is 0.161 e. The van der Waals surface area contributed by atoms with E-state index < -0.39 is 0 Å². The second kappa shape index (κ2) is 13.8. The van der Waals surface area contributed by atoms with Gasteiger partial charge in [0, 0.05) is 38.1 Å². The summed E-state index contributed by atoms with van der Waals surface area (Å²) in [6.45, 7) is 0. The molecule has 0 radical (unpaired) electrons. The molecule has 0 spiro atoms. The standard InChI is InChI=1S/C56H35N3O/c1-4-14-36(15-5-1)39-26-28-40(29-27-39)54-43-20-10-11-23-48(43)57-56(58-54)45-22-13-25-52-53(45)44-21-12-24-51(55(44)60-52)59-49-32-30-41(37-16-6-2-7-17-37)34-46(49)47-35-42(31-33-50(47)59)38-18-8-3-9-19-38/h1-35H. The van der Waals surface area contributed by atoms with Crippen LogP contribution in [0.2, 0.25) is 0 Å². The lowest BCUT2D eigenvalue weighted by Gasteiger charge is -2.11. The Morgan fingerprint density at radius 1 is 0.367 bits per heavy atom. The molecule has 9 aromatic carbocycles. The Hall–Kier alpha value is -8.08. The highest BCUT2D eigenvalue weighted by Gasteiger charge is 2.22. The number of benzene rings is 9. The molecule has 4 nitrogen and oxygen atoms in total. The molecule has 0 aliphatic heterocycles. The number of rotatable bonds is 6. The van der Waals surface area contributed by atoms with Crippen molar-refractivity contribution < 1.29 is 4.42 Å². The molecule has 0 aliphatic carbocycles. The summed E-state index contributed by atoms with van der Waals surface area (Å²) in [5.41, 5.74) is 15.7. The van der Waals surface area contributed by atoms with Crippen LogP contribution in [0.15, 0.2) is 217 Å². The average Bonchev–Trinajstić information content (AvgIpc) is 3.87. The zero-order valence-corrected chi connectivity index (χ0v) is 32.5. The summed E-state index contributed by atoms with van der Waals surface area (Å²) >= 11 is 0. The lowest BCUT2D eigenvalue weighted by Crippen LogP contribution is -1.96. The van der Waals surface area contributed by atoms with Gasteiger partial charge in [-0.3, -0.25) is 0 Å². The third-order valence-electron chi connectivity index (χ3n) is 11.8. The normalized spacial score (nSPS) is 11.7. The van der Waals surface area contributed by atoms with E-state index >= 15 is 0 Å². The van der Waals surface area contributed by atoms with Crippen molar-refractivity contribution in [3.05, 3.63) is 212 Å². The zero-order valence-electron chi connectivity index (χ0n) is 32.5. The Bertz CT molecular complexity index is 3470. The molecule has 0 unspecified atom stereocenters. The van der Waals surface area contributed by atoms with Crippen LogP contribution in [0, 0.1) is 0 Å². The molecule has 0 fully saturated rings. The van der Waals surface area contributed by atoms with E-state index in [0.717, 1.165) is 66.4 Å². The second-order valence-electron chi connectivity index (χ2n) is 15.3. The average molecular weight is 766 g/mol. The van der Waals surface area contributed by atoms with Crippen molar-refractivity contribution in [1.82, 2.24) is 14.5 Å². The van der Waals surface area contributed by atoms with Gasteiger partial charge >= 0.3 is 0 Å². The molecule has 3 aromatic heterocycles. The van der Waals surface area contributed by atoms with E-state index in [9.17, 15) is 0 Å². The van der Waals surface area contributed by atoms with Crippen LogP contribution in [-0.4, -0.2) is 14.5 Å². The Balaban J connectivity index is 1.06. The number of nitrogens with zero attached hydrogens (tertiary/aromatic N) is 3. The first kappa shape index (κ1) is 34.0. The van der Waals surface area contributed by atoms with Crippen molar-refractivity contribution in [3.63, 3.8) is 0 Å². The maximum atomic E-state index is 6.93. The monoisotopic (exact) mass is 765 g/mol. The maximum absolute atomic E-state index is 6.93. The summed E-state index contributed by atoms with van der Waals surface area (Å²) in [6, 6.07) is 74.9. The molecule has 280 valence electrons. The number of fused-ring (bicyclic) bond motifs is 7. The van der Waals surface area contributed by atoms with E-state index in [2.05, 4.69) is 199 Å². The smallest absolute Gasteiger partial charge is 0.161 e. The van der Waals surface area contributed by atoms with E-state index in [1.54, 1.807) is 0 Å². The van der Waals surface area contributed by atoms with Gasteiger partial charge in [0.05, 0.1) is 27.9 Å². The van der Waals surface area contributed by atoms with Crippen LogP contribution in [0.4, 0.5) is 0 Å². The van der Waals surface area contributed by atoms with Crippen LogP contribution in [0.1, 0.15) is 0 Å².